The average molecular weight is 543 g/mol. The van der Waals surface area contributed by atoms with Gasteiger partial charge in [0.05, 0.1) is 10.6 Å². The molecule has 1 aromatic heterocycles. The number of carboxylic acid groups (broad SMARTS) is 1. The van der Waals surface area contributed by atoms with Crippen LogP contribution in [0.5, 0.6) is 0 Å². The van der Waals surface area contributed by atoms with Crippen LogP contribution < -0.4 is 5.73 Å². The molecule has 11 nitrogen and oxygen atoms in total. The van der Waals surface area contributed by atoms with Crippen LogP contribution >= 0.6 is 11.3 Å². The minimum Gasteiger partial charge on any atom is -0.480 e. The van der Waals surface area contributed by atoms with Crippen molar-refractivity contribution in [3.63, 3.8) is 0 Å². The van der Waals surface area contributed by atoms with Crippen LogP contribution in [-0.2, 0) is 27.8 Å². The quantitative estimate of drug-likeness (QED) is 0.320. The molecule has 1 fully saturated rings. The monoisotopic (exact) mass is 542 g/mol. The Balaban J connectivity index is 1.39. The first-order valence-electron chi connectivity index (χ1n) is 11.6. The van der Waals surface area contributed by atoms with Crippen molar-refractivity contribution in [2.24, 2.45) is 5.73 Å². The van der Waals surface area contributed by atoms with Gasteiger partial charge in [0.2, 0.25) is 10.0 Å². The van der Waals surface area contributed by atoms with Crippen molar-refractivity contribution in [3.05, 3.63) is 57.5 Å². The van der Waals surface area contributed by atoms with Crippen LogP contribution in [0.15, 0.2) is 41.3 Å². The maximum Gasteiger partial charge on any atom is 0.327 e. The zero-order valence-electron chi connectivity index (χ0n) is 20.0. The Morgan fingerprint density at radius 1 is 1.14 bits per heavy atom. The third kappa shape index (κ3) is 4.70. The highest BCUT2D eigenvalue weighted by Gasteiger charge is 2.41. The van der Waals surface area contributed by atoms with Gasteiger partial charge in [-0.2, -0.15) is 4.31 Å². The minimum atomic E-state index is -4.05. The first-order chi connectivity index (χ1) is 17.5. The first-order valence-corrected chi connectivity index (χ1v) is 13.9. The summed E-state index contributed by atoms with van der Waals surface area (Å²) < 4.78 is 28.1. The van der Waals surface area contributed by atoms with E-state index in [0.29, 0.717) is 17.5 Å². The number of nitrogens with two attached hydrogens (primary N) is 1. The van der Waals surface area contributed by atoms with Crippen LogP contribution in [0, 0.1) is 5.41 Å². The topological polar surface area (TPSA) is 161 Å². The molecule has 1 amide bonds. The Bertz CT molecular complexity index is 1540. The number of nitrogen functional groups attached to an aromatic ring is 1. The molecule has 13 heteroatoms. The summed E-state index contributed by atoms with van der Waals surface area (Å²) in [6.07, 6.45) is 0.726. The summed E-state index contributed by atoms with van der Waals surface area (Å²) in [5.41, 5.74) is 6.90. The predicted molar refractivity (Wildman–Crippen MR) is 138 cm³/mol. The molecule has 5 rings (SSSR count). The summed E-state index contributed by atoms with van der Waals surface area (Å²) in [7, 11) is -2.06. The van der Waals surface area contributed by atoms with Gasteiger partial charge >= 0.3 is 5.97 Å². The van der Waals surface area contributed by atoms with Gasteiger partial charge < -0.3 is 20.6 Å². The van der Waals surface area contributed by atoms with E-state index in [1.165, 1.54) is 28.4 Å². The number of fused-ring (bicyclic) bond motifs is 2. The number of likely N-dealkylation sites (N-methyl/N-ethyl adjacent to an activating group) is 1. The smallest absolute Gasteiger partial charge is 0.327 e. The molecule has 3 aromatic rings. The van der Waals surface area contributed by atoms with Crippen LogP contribution in [-0.4, -0.2) is 89.6 Å². The lowest BCUT2D eigenvalue weighted by Gasteiger charge is -2.38. The number of rotatable bonds is 5. The van der Waals surface area contributed by atoms with E-state index in [2.05, 4.69) is 9.88 Å². The number of carbonyl (C=O) groups excluding carboxylic acids is 1. The zero-order valence-corrected chi connectivity index (χ0v) is 21.7. The molecule has 4 N–H and O–H groups in total. The lowest BCUT2D eigenvalue weighted by molar-refractivity contribution is -0.143. The van der Waals surface area contributed by atoms with Gasteiger partial charge in [0.15, 0.2) is 5.01 Å². The van der Waals surface area contributed by atoms with E-state index >= 15 is 0 Å². The van der Waals surface area contributed by atoms with E-state index in [4.69, 9.17) is 11.1 Å². The van der Waals surface area contributed by atoms with Crippen LogP contribution in [0.1, 0.15) is 25.9 Å². The Hall–Kier alpha value is -3.39. The van der Waals surface area contributed by atoms with E-state index in [1.54, 1.807) is 24.3 Å². The molecular weight excluding hydrogens is 516 g/mol. The summed E-state index contributed by atoms with van der Waals surface area (Å²) in [5.74, 6) is -1.90. The highest BCUT2D eigenvalue weighted by molar-refractivity contribution is 7.89. The molecule has 2 aromatic carbocycles. The molecule has 2 aliphatic heterocycles. The maximum atomic E-state index is 13.5. The number of aromatic nitrogens is 1. The molecule has 37 heavy (non-hydrogen) atoms. The van der Waals surface area contributed by atoms with Gasteiger partial charge in [0.25, 0.3) is 5.91 Å². The van der Waals surface area contributed by atoms with Crippen molar-refractivity contribution in [2.45, 2.75) is 23.9 Å². The number of amides is 1. The van der Waals surface area contributed by atoms with E-state index < -0.39 is 27.9 Å². The lowest BCUT2D eigenvalue weighted by Crippen LogP contribution is -2.59. The molecule has 1 saturated heterocycles. The number of thiazole rings is 1. The molecule has 3 heterocycles. The Labute approximate surface area is 217 Å². The molecule has 194 valence electrons. The SMILES string of the molecule is CN1CCc2nc(C(=O)N3CCN(S(=O)(=O)c4ccc5ccc(C(=N)N)cc5c4)CC3C(=O)O)sc2C1. The summed E-state index contributed by atoms with van der Waals surface area (Å²) in [6.45, 7) is 1.04. The van der Waals surface area contributed by atoms with Gasteiger partial charge in [-0.1, -0.05) is 18.2 Å². The largest absolute Gasteiger partial charge is 0.480 e. The first kappa shape index (κ1) is 25.3. The highest BCUT2D eigenvalue weighted by Crippen LogP contribution is 2.28. The lowest BCUT2D eigenvalue weighted by atomic mass is 10.1. The van der Waals surface area contributed by atoms with Crippen LogP contribution in [0.2, 0.25) is 0 Å². The van der Waals surface area contributed by atoms with Crippen LogP contribution in [0.25, 0.3) is 10.8 Å². The van der Waals surface area contributed by atoms with Crippen molar-refractivity contribution >= 4 is 49.8 Å². The van der Waals surface area contributed by atoms with E-state index in [1.807, 2.05) is 7.05 Å². The van der Waals surface area contributed by atoms with Crippen molar-refractivity contribution in [3.8, 4) is 0 Å². The second kappa shape index (κ2) is 9.49. The second-order valence-corrected chi connectivity index (χ2v) is 12.3. The van der Waals surface area contributed by atoms with Crippen LogP contribution in [0.3, 0.4) is 0 Å². The number of sulfonamides is 1. The molecule has 1 unspecified atom stereocenters. The number of piperazine rings is 1. The number of carboxylic acids is 1. The van der Waals surface area contributed by atoms with E-state index in [9.17, 15) is 23.1 Å². The number of benzene rings is 2. The van der Waals surface area contributed by atoms with Gasteiger partial charge in [-0.05, 0) is 36.0 Å². The fourth-order valence-electron chi connectivity index (χ4n) is 4.67. The van der Waals surface area contributed by atoms with Crippen molar-refractivity contribution in [1.82, 2.24) is 19.1 Å². The van der Waals surface area contributed by atoms with Gasteiger partial charge in [0, 0.05) is 49.6 Å². The standard InChI is InChI=1S/C24H26N6O5S2/c1-28-7-6-18-20(13-28)36-22(27-18)23(31)30-9-8-29(12-19(30)24(32)33)37(34,35)17-5-4-14-2-3-15(21(25)26)10-16(14)11-17/h2-5,10-11,19H,6-9,12-13H2,1H3,(H3,25,26)(H,32,33). The fourth-order valence-corrected chi connectivity index (χ4v) is 7.29. The van der Waals surface area contributed by atoms with Crippen molar-refractivity contribution in [2.75, 3.05) is 33.2 Å². The van der Waals surface area contributed by atoms with E-state index in [0.717, 1.165) is 33.2 Å². The summed E-state index contributed by atoms with van der Waals surface area (Å²) in [4.78, 5) is 34.2. The fraction of sp³-hybridized carbons (Fsp3) is 0.333. The van der Waals surface area contributed by atoms with Crippen molar-refractivity contribution < 1.29 is 23.1 Å². The third-order valence-corrected chi connectivity index (χ3v) is 9.69. The molecular formula is C24H26N6O5S2. The highest BCUT2D eigenvalue weighted by atomic mass is 32.2. The number of aliphatic carboxylic acids is 1. The Kier molecular flexibility index (Phi) is 6.48. The molecule has 2 aliphatic rings. The maximum absolute atomic E-state index is 13.5. The average Bonchev–Trinajstić information content (AvgIpc) is 3.30. The van der Waals surface area contributed by atoms with Gasteiger partial charge in [-0.25, -0.2) is 18.2 Å². The minimum absolute atomic E-state index is 0.00124. The number of hydrogen-bond donors (Lipinski definition) is 3. The number of nitrogens with zero attached hydrogens (tertiary/aromatic N) is 4. The predicted octanol–water partition coefficient (Wildman–Crippen LogP) is 1.17. The number of carbonyl (C=O) groups is 2. The number of nitrogens with one attached hydrogen (secondary N) is 1. The van der Waals surface area contributed by atoms with Crippen LogP contribution in [0.4, 0.5) is 0 Å². The summed E-state index contributed by atoms with van der Waals surface area (Å²) >= 11 is 1.27. The summed E-state index contributed by atoms with van der Waals surface area (Å²) in [6, 6.07) is 8.34. The molecule has 0 saturated carbocycles. The van der Waals surface area contributed by atoms with Gasteiger partial charge in [-0.3, -0.25) is 10.2 Å². The number of hydrogen-bond acceptors (Lipinski definition) is 8. The third-order valence-electron chi connectivity index (χ3n) is 6.75. The summed E-state index contributed by atoms with van der Waals surface area (Å²) in [5, 5.41) is 19.1. The Morgan fingerprint density at radius 2 is 1.89 bits per heavy atom. The molecule has 1 atom stereocenters. The molecule has 0 bridgehead atoms. The molecule has 0 spiro atoms. The molecule has 0 radical (unpaired) electrons. The normalized spacial score (nSPS) is 19.1. The Morgan fingerprint density at radius 3 is 2.62 bits per heavy atom. The second-order valence-electron chi connectivity index (χ2n) is 9.23. The van der Waals surface area contributed by atoms with Gasteiger partial charge in [-0.15, -0.1) is 11.3 Å². The number of amidine groups is 1. The van der Waals surface area contributed by atoms with Crippen molar-refractivity contribution in [1.29, 1.82) is 5.41 Å². The van der Waals surface area contributed by atoms with E-state index in [-0.39, 0.29) is 35.4 Å². The van der Waals surface area contributed by atoms with Gasteiger partial charge in [0.1, 0.15) is 11.9 Å². The zero-order chi connectivity index (χ0) is 26.5. The molecule has 0 aliphatic carbocycles.